The van der Waals surface area contributed by atoms with Crippen LogP contribution < -0.4 is 4.90 Å². The van der Waals surface area contributed by atoms with Crippen molar-refractivity contribution < 1.29 is 4.79 Å². The summed E-state index contributed by atoms with van der Waals surface area (Å²) in [5.74, 6) is 0.689. The summed E-state index contributed by atoms with van der Waals surface area (Å²) in [6.45, 7) is 5.56. The van der Waals surface area contributed by atoms with Gasteiger partial charge in [-0.2, -0.15) is 0 Å². The average Bonchev–Trinajstić information content (AvgIpc) is 2.94. The van der Waals surface area contributed by atoms with E-state index in [1.54, 1.807) is 0 Å². The molecule has 0 saturated heterocycles. The monoisotopic (exact) mass is 337 g/mol. The Labute approximate surface area is 130 Å². The quantitative estimate of drug-likeness (QED) is 0.676. The van der Waals surface area contributed by atoms with Gasteiger partial charge in [0.15, 0.2) is 6.29 Å². The lowest BCUT2D eigenvalue weighted by atomic mass is 10.1. The van der Waals surface area contributed by atoms with Crippen molar-refractivity contribution in [3.05, 3.63) is 28.2 Å². The van der Waals surface area contributed by atoms with Gasteiger partial charge in [-0.25, -0.2) is 0 Å². The number of benzene rings is 1. The Balaban J connectivity index is 2.26. The van der Waals surface area contributed by atoms with Gasteiger partial charge in [0.25, 0.3) is 0 Å². The molecule has 0 heterocycles. The molecule has 1 aliphatic rings. The zero-order valence-corrected chi connectivity index (χ0v) is 14.0. The van der Waals surface area contributed by atoms with Crippen LogP contribution in [0.15, 0.2) is 22.7 Å². The summed E-state index contributed by atoms with van der Waals surface area (Å²) in [6, 6.07) is 6.67. The molecule has 0 spiro atoms. The molecule has 3 heteroatoms. The van der Waals surface area contributed by atoms with Crippen LogP contribution in [0.5, 0.6) is 0 Å². The minimum Gasteiger partial charge on any atom is -0.368 e. The Morgan fingerprint density at radius 1 is 1.35 bits per heavy atom. The minimum absolute atomic E-state index is 0.605. The normalized spacial score (nSPS) is 15.8. The number of carbonyl (C=O) groups excluding carboxylic acids is 1. The highest BCUT2D eigenvalue weighted by atomic mass is 79.9. The number of hydrogen-bond donors (Lipinski definition) is 0. The lowest BCUT2D eigenvalue weighted by molar-refractivity contribution is 0.112. The maximum atomic E-state index is 11.4. The molecule has 0 radical (unpaired) electrons. The minimum atomic E-state index is 0.605. The Hall–Kier alpha value is -0.830. The van der Waals surface area contributed by atoms with Crippen LogP contribution in [-0.4, -0.2) is 18.9 Å². The molecule has 0 unspecified atom stereocenters. The Bertz CT molecular complexity index is 452. The van der Waals surface area contributed by atoms with E-state index in [4.69, 9.17) is 0 Å². The fourth-order valence-corrected chi connectivity index (χ4v) is 3.37. The molecule has 0 amide bonds. The number of nitrogens with zero attached hydrogens (tertiary/aromatic N) is 1. The van der Waals surface area contributed by atoms with Gasteiger partial charge in [-0.1, -0.05) is 42.6 Å². The van der Waals surface area contributed by atoms with Gasteiger partial charge < -0.3 is 4.90 Å². The molecule has 1 fully saturated rings. The molecule has 0 bridgehead atoms. The third kappa shape index (κ3) is 3.85. The first-order valence-electron chi connectivity index (χ1n) is 7.63. The van der Waals surface area contributed by atoms with Crippen molar-refractivity contribution in [3.63, 3.8) is 0 Å². The summed E-state index contributed by atoms with van der Waals surface area (Å²) in [5.41, 5.74) is 1.91. The average molecular weight is 338 g/mol. The van der Waals surface area contributed by atoms with E-state index in [1.165, 1.54) is 32.1 Å². The van der Waals surface area contributed by atoms with E-state index in [9.17, 15) is 4.79 Å². The van der Waals surface area contributed by atoms with E-state index in [1.807, 2.05) is 12.1 Å². The van der Waals surface area contributed by atoms with Crippen LogP contribution in [-0.2, 0) is 0 Å². The number of hydrogen-bond acceptors (Lipinski definition) is 2. The van der Waals surface area contributed by atoms with E-state index < -0.39 is 0 Å². The van der Waals surface area contributed by atoms with Crippen LogP contribution >= 0.6 is 15.9 Å². The second-order valence-electron chi connectivity index (χ2n) is 6.14. The SMILES string of the molecule is CC(C)CCN(c1ccc(Br)cc1C=O)C1CCCC1. The van der Waals surface area contributed by atoms with Crippen molar-refractivity contribution in [2.45, 2.75) is 52.0 Å². The van der Waals surface area contributed by atoms with Gasteiger partial charge in [0.2, 0.25) is 0 Å². The molecular weight excluding hydrogens is 314 g/mol. The molecule has 0 aromatic heterocycles. The van der Waals surface area contributed by atoms with Crippen LogP contribution in [0.2, 0.25) is 0 Å². The Kier molecular flexibility index (Phi) is 5.64. The van der Waals surface area contributed by atoms with Crippen molar-refractivity contribution >= 4 is 27.9 Å². The van der Waals surface area contributed by atoms with Crippen LogP contribution in [0.3, 0.4) is 0 Å². The topological polar surface area (TPSA) is 20.3 Å². The Morgan fingerprint density at radius 3 is 2.65 bits per heavy atom. The van der Waals surface area contributed by atoms with Gasteiger partial charge in [0.05, 0.1) is 0 Å². The number of anilines is 1. The fraction of sp³-hybridized carbons (Fsp3) is 0.588. The first-order valence-corrected chi connectivity index (χ1v) is 8.42. The van der Waals surface area contributed by atoms with E-state index in [-0.39, 0.29) is 0 Å². The first kappa shape index (κ1) is 15.6. The largest absolute Gasteiger partial charge is 0.368 e. The van der Waals surface area contributed by atoms with Crippen molar-refractivity contribution in [3.8, 4) is 0 Å². The number of halogens is 1. The molecule has 2 rings (SSSR count). The summed E-state index contributed by atoms with van der Waals surface area (Å²) in [4.78, 5) is 13.9. The van der Waals surface area contributed by atoms with Crippen LogP contribution in [0.25, 0.3) is 0 Å². The molecule has 20 heavy (non-hydrogen) atoms. The van der Waals surface area contributed by atoms with Gasteiger partial charge in [-0.3, -0.25) is 4.79 Å². The van der Waals surface area contributed by atoms with Crippen molar-refractivity contribution in [2.24, 2.45) is 5.92 Å². The lowest BCUT2D eigenvalue weighted by Gasteiger charge is -2.33. The fourth-order valence-electron chi connectivity index (χ4n) is 2.99. The highest BCUT2D eigenvalue weighted by Crippen LogP contribution is 2.32. The maximum Gasteiger partial charge on any atom is 0.152 e. The van der Waals surface area contributed by atoms with Crippen LogP contribution in [0.1, 0.15) is 56.3 Å². The van der Waals surface area contributed by atoms with E-state index in [2.05, 4.69) is 40.7 Å². The molecule has 1 aliphatic carbocycles. The zero-order valence-electron chi connectivity index (χ0n) is 12.4. The predicted octanol–water partition coefficient (Wildman–Crippen LogP) is 5.06. The van der Waals surface area contributed by atoms with E-state index in [0.717, 1.165) is 28.6 Å². The summed E-state index contributed by atoms with van der Waals surface area (Å²) in [6.07, 6.45) is 7.30. The summed E-state index contributed by atoms with van der Waals surface area (Å²) in [5, 5.41) is 0. The first-order chi connectivity index (χ1) is 9.61. The highest BCUT2D eigenvalue weighted by Gasteiger charge is 2.24. The van der Waals surface area contributed by atoms with E-state index in [0.29, 0.717) is 12.0 Å². The molecule has 1 saturated carbocycles. The zero-order chi connectivity index (χ0) is 14.5. The van der Waals surface area contributed by atoms with Gasteiger partial charge in [-0.15, -0.1) is 0 Å². The highest BCUT2D eigenvalue weighted by molar-refractivity contribution is 9.10. The summed E-state index contributed by atoms with van der Waals surface area (Å²) < 4.78 is 0.971. The number of rotatable bonds is 6. The van der Waals surface area contributed by atoms with Crippen LogP contribution in [0, 0.1) is 5.92 Å². The maximum absolute atomic E-state index is 11.4. The lowest BCUT2D eigenvalue weighted by Crippen LogP contribution is -2.35. The molecule has 1 aromatic rings. The number of aldehydes is 1. The second-order valence-corrected chi connectivity index (χ2v) is 7.05. The van der Waals surface area contributed by atoms with Gasteiger partial charge in [0, 0.05) is 28.3 Å². The molecule has 110 valence electrons. The van der Waals surface area contributed by atoms with Gasteiger partial charge >= 0.3 is 0 Å². The second kappa shape index (κ2) is 7.26. The van der Waals surface area contributed by atoms with Gasteiger partial charge in [0.1, 0.15) is 0 Å². The molecule has 2 nitrogen and oxygen atoms in total. The van der Waals surface area contributed by atoms with Gasteiger partial charge in [-0.05, 0) is 43.4 Å². The van der Waals surface area contributed by atoms with Crippen molar-refractivity contribution in [2.75, 3.05) is 11.4 Å². The Morgan fingerprint density at radius 2 is 2.05 bits per heavy atom. The standard InChI is InChI=1S/C17H24BrNO/c1-13(2)9-10-19(16-5-3-4-6-16)17-8-7-15(18)11-14(17)12-20/h7-8,11-13,16H,3-6,9-10H2,1-2H3. The van der Waals surface area contributed by atoms with Crippen LogP contribution in [0.4, 0.5) is 5.69 Å². The molecule has 1 aromatic carbocycles. The molecule has 0 aliphatic heterocycles. The predicted molar refractivity (Wildman–Crippen MR) is 88.6 cm³/mol. The molecular formula is C17H24BrNO. The third-order valence-corrected chi connectivity index (χ3v) is 4.63. The summed E-state index contributed by atoms with van der Waals surface area (Å²) >= 11 is 3.45. The van der Waals surface area contributed by atoms with Crippen molar-refractivity contribution in [1.82, 2.24) is 0 Å². The van der Waals surface area contributed by atoms with E-state index >= 15 is 0 Å². The molecule has 0 N–H and O–H groups in total. The van der Waals surface area contributed by atoms with Crippen molar-refractivity contribution in [1.29, 1.82) is 0 Å². The summed E-state index contributed by atoms with van der Waals surface area (Å²) in [7, 11) is 0. The third-order valence-electron chi connectivity index (χ3n) is 4.14. The number of carbonyl (C=O) groups is 1. The smallest absolute Gasteiger partial charge is 0.152 e. The molecule has 0 atom stereocenters.